The quantitative estimate of drug-likeness (QED) is 0.921. The van der Waals surface area contributed by atoms with E-state index in [1.54, 1.807) is 17.0 Å². The number of carbonyl (C=O) groups is 1. The Balaban J connectivity index is 1.57. The molecule has 120 valence electrons. The van der Waals surface area contributed by atoms with Crippen LogP contribution in [-0.2, 0) is 0 Å². The zero-order valence-electron chi connectivity index (χ0n) is 13.1. The molecule has 3 rings (SSSR count). The van der Waals surface area contributed by atoms with Gasteiger partial charge in [-0.25, -0.2) is 9.18 Å². The molecular weight excluding hydrogens is 293 g/mol. The summed E-state index contributed by atoms with van der Waals surface area (Å²) in [6.07, 6.45) is 0. The lowest BCUT2D eigenvalue weighted by Gasteiger charge is -2.36. The van der Waals surface area contributed by atoms with Gasteiger partial charge in [-0.3, -0.25) is 0 Å². The van der Waals surface area contributed by atoms with Gasteiger partial charge in [0.25, 0.3) is 0 Å². The van der Waals surface area contributed by atoms with Crippen LogP contribution in [-0.4, -0.2) is 37.1 Å². The SMILES string of the molecule is Cc1ccc(NC(=O)N2CCN(c3ccccc3F)CC2)cc1. The van der Waals surface area contributed by atoms with E-state index in [-0.39, 0.29) is 11.8 Å². The Bertz CT molecular complexity index is 679. The summed E-state index contributed by atoms with van der Waals surface area (Å²) in [6.45, 7) is 4.41. The molecule has 0 atom stereocenters. The van der Waals surface area contributed by atoms with E-state index in [9.17, 15) is 9.18 Å². The second-order valence-electron chi connectivity index (χ2n) is 5.72. The fraction of sp³-hybridized carbons (Fsp3) is 0.278. The number of hydrogen-bond acceptors (Lipinski definition) is 2. The van der Waals surface area contributed by atoms with Crippen LogP contribution in [0.2, 0.25) is 0 Å². The number of nitrogens with zero attached hydrogens (tertiary/aromatic N) is 2. The highest BCUT2D eigenvalue weighted by Crippen LogP contribution is 2.20. The zero-order valence-corrected chi connectivity index (χ0v) is 13.1. The fourth-order valence-corrected chi connectivity index (χ4v) is 2.70. The van der Waals surface area contributed by atoms with Crippen molar-refractivity contribution in [3.63, 3.8) is 0 Å². The predicted octanol–water partition coefficient (Wildman–Crippen LogP) is 3.49. The Kier molecular flexibility index (Phi) is 4.46. The number of para-hydroxylation sites is 1. The van der Waals surface area contributed by atoms with Crippen molar-refractivity contribution in [2.75, 3.05) is 36.4 Å². The lowest BCUT2D eigenvalue weighted by Crippen LogP contribution is -2.50. The molecule has 0 aliphatic carbocycles. The van der Waals surface area contributed by atoms with E-state index in [0.29, 0.717) is 31.9 Å². The summed E-state index contributed by atoms with van der Waals surface area (Å²) in [7, 11) is 0. The maximum atomic E-state index is 13.8. The molecule has 0 unspecified atom stereocenters. The van der Waals surface area contributed by atoms with Gasteiger partial charge in [-0.15, -0.1) is 0 Å². The van der Waals surface area contributed by atoms with Gasteiger partial charge in [0.2, 0.25) is 0 Å². The third kappa shape index (κ3) is 3.62. The van der Waals surface area contributed by atoms with Crippen molar-refractivity contribution < 1.29 is 9.18 Å². The number of halogens is 1. The van der Waals surface area contributed by atoms with Crippen LogP contribution in [0.25, 0.3) is 0 Å². The number of hydrogen-bond donors (Lipinski definition) is 1. The van der Waals surface area contributed by atoms with Gasteiger partial charge in [0.15, 0.2) is 0 Å². The van der Waals surface area contributed by atoms with Crippen LogP contribution in [0, 0.1) is 12.7 Å². The number of piperazine rings is 1. The molecule has 1 aliphatic heterocycles. The van der Waals surface area contributed by atoms with Crippen molar-refractivity contribution >= 4 is 17.4 Å². The summed E-state index contributed by atoms with van der Waals surface area (Å²) in [5.41, 5.74) is 2.55. The largest absolute Gasteiger partial charge is 0.366 e. The fourth-order valence-electron chi connectivity index (χ4n) is 2.70. The van der Waals surface area contributed by atoms with Crippen LogP contribution in [0.15, 0.2) is 48.5 Å². The van der Waals surface area contributed by atoms with Crippen molar-refractivity contribution in [2.24, 2.45) is 0 Å². The first-order valence-electron chi connectivity index (χ1n) is 7.75. The molecule has 5 heteroatoms. The normalized spacial score (nSPS) is 14.7. The monoisotopic (exact) mass is 313 g/mol. The summed E-state index contributed by atoms with van der Waals surface area (Å²) in [4.78, 5) is 16.0. The summed E-state index contributed by atoms with van der Waals surface area (Å²) in [6, 6.07) is 14.4. The molecule has 0 spiro atoms. The Labute approximate surface area is 135 Å². The Hall–Kier alpha value is -2.56. The third-order valence-corrected chi connectivity index (χ3v) is 4.06. The highest BCUT2D eigenvalue weighted by molar-refractivity contribution is 5.89. The Morgan fingerprint density at radius 2 is 1.65 bits per heavy atom. The number of anilines is 2. The molecule has 4 nitrogen and oxygen atoms in total. The van der Waals surface area contributed by atoms with Gasteiger partial charge in [0.1, 0.15) is 5.82 Å². The standard InChI is InChI=1S/C18H20FN3O/c1-14-6-8-15(9-7-14)20-18(23)22-12-10-21(11-13-22)17-5-3-2-4-16(17)19/h2-9H,10-13H2,1H3,(H,20,23). The van der Waals surface area contributed by atoms with E-state index in [1.807, 2.05) is 42.2 Å². The van der Waals surface area contributed by atoms with Crippen LogP contribution in [0.1, 0.15) is 5.56 Å². The van der Waals surface area contributed by atoms with Crippen molar-refractivity contribution in [2.45, 2.75) is 6.92 Å². The van der Waals surface area contributed by atoms with Crippen LogP contribution in [0.3, 0.4) is 0 Å². The predicted molar refractivity (Wildman–Crippen MR) is 90.4 cm³/mol. The zero-order chi connectivity index (χ0) is 16.2. The van der Waals surface area contributed by atoms with Crippen molar-refractivity contribution in [1.82, 2.24) is 4.90 Å². The van der Waals surface area contributed by atoms with E-state index < -0.39 is 0 Å². The number of rotatable bonds is 2. The Morgan fingerprint density at radius 3 is 2.30 bits per heavy atom. The molecule has 2 amide bonds. The van der Waals surface area contributed by atoms with Gasteiger partial charge < -0.3 is 15.1 Å². The van der Waals surface area contributed by atoms with Gasteiger partial charge in [-0.1, -0.05) is 29.8 Å². The molecule has 1 heterocycles. The van der Waals surface area contributed by atoms with Gasteiger partial charge in [-0.2, -0.15) is 0 Å². The number of urea groups is 1. The molecule has 2 aromatic rings. The van der Waals surface area contributed by atoms with E-state index in [0.717, 1.165) is 11.3 Å². The second-order valence-corrected chi connectivity index (χ2v) is 5.72. The molecule has 1 aliphatic rings. The van der Waals surface area contributed by atoms with Crippen LogP contribution in [0.4, 0.5) is 20.6 Å². The van der Waals surface area contributed by atoms with Gasteiger partial charge in [-0.05, 0) is 31.2 Å². The minimum atomic E-state index is -0.218. The second kappa shape index (κ2) is 6.69. The van der Waals surface area contributed by atoms with Gasteiger partial charge in [0, 0.05) is 31.9 Å². The number of amides is 2. The first-order chi connectivity index (χ1) is 11.1. The average Bonchev–Trinajstić information content (AvgIpc) is 2.57. The topological polar surface area (TPSA) is 35.6 Å². The van der Waals surface area contributed by atoms with Crippen molar-refractivity contribution in [1.29, 1.82) is 0 Å². The molecule has 0 aromatic heterocycles. The van der Waals surface area contributed by atoms with Gasteiger partial charge >= 0.3 is 6.03 Å². The van der Waals surface area contributed by atoms with E-state index in [4.69, 9.17) is 0 Å². The molecule has 1 saturated heterocycles. The van der Waals surface area contributed by atoms with Crippen LogP contribution < -0.4 is 10.2 Å². The molecular formula is C18H20FN3O. The highest BCUT2D eigenvalue weighted by atomic mass is 19.1. The maximum Gasteiger partial charge on any atom is 0.321 e. The lowest BCUT2D eigenvalue weighted by atomic mass is 10.2. The van der Waals surface area contributed by atoms with Crippen molar-refractivity contribution in [3.8, 4) is 0 Å². The maximum absolute atomic E-state index is 13.8. The average molecular weight is 313 g/mol. The van der Waals surface area contributed by atoms with E-state index in [2.05, 4.69) is 5.32 Å². The third-order valence-electron chi connectivity index (χ3n) is 4.06. The first kappa shape index (κ1) is 15.3. The summed E-state index contributed by atoms with van der Waals surface area (Å²) in [5.74, 6) is -0.218. The van der Waals surface area contributed by atoms with E-state index in [1.165, 1.54) is 6.07 Å². The number of carbonyl (C=O) groups excluding carboxylic acids is 1. The lowest BCUT2D eigenvalue weighted by molar-refractivity contribution is 0.208. The van der Waals surface area contributed by atoms with E-state index >= 15 is 0 Å². The Morgan fingerprint density at radius 1 is 1.00 bits per heavy atom. The van der Waals surface area contributed by atoms with Gasteiger partial charge in [0.05, 0.1) is 5.69 Å². The molecule has 23 heavy (non-hydrogen) atoms. The van der Waals surface area contributed by atoms with Crippen molar-refractivity contribution in [3.05, 3.63) is 59.9 Å². The minimum absolute atomic E-state index is 0.109. The summed E-state index contributed by atoms with van der Waals surface area (Å²) < 4.78 is 13.8. The molecule has 0 bridgehead atoms. The molecule has 0 radical (unpaired) electrons. The number of benzene rings is 2. The highest BCUT2D eigenvalue weighted by Gasteiger charge is 2.22. The number of nitrogens with one attached hydrogen (secondary N) is 1. The smallest absolute Gasteiger partial charge is 0.321 e. The minimum Gasteiger partial charge on any atom is -0.366 e. The molecule has 0 saturated carbocycles. The van der Waals surface area contributed by atoms with Crippen LogP contribution in [0.5, 0.6) is 0 Å². The summed E-state index contributed by atoms with van der Waals surface area (Å²) in [5, 5.41) is 2.90. The molecule has 2 aromatic carbocycles. The first-order valence-corrected chi connectivity index (χ1v) is 7.75. The molecule has 1 N–H and O–H groups in total. The molecule has 1 fully saturated rings. The summed E-state index contributed by atoms with van der Waals surface area (Å²) >= 11 is 0. The van der Waals surface area contributed by atoms with Crippen LogP contribution >= 0.6 is 0 Å². The number of aryl methyl sites for hydroxylation is 1.